The second-order valence-corrected chi connectivity index (χ2v) is 5.78. The summed E-state index contributed by atoms with van der Waals surface area (Å²) in [6.07, 6.45) is 13.6. The number of nitrogens with one attached hydrogen (secondary N) is 2. The van der Waals surface area contributed by atoms with Crippen LogP contribution in [0.5, 0.6) is 0 Å². The number of hydrazine groups is 1. The molecule has 0 aromatic rings. The van der Waals surface area contributed by atoms with Crippen molar-refractivity contribution < 1.29 is 9.59 Å². The van der Waals surface area contributed by atoms with Gasteiger partial charge in [0.1, 0.15) is 0 Å². The van der Waals surface area contributed by atoms with Crippen molar-refractivity contribution >= 4 is 11.8 Å². The highest BCUT2D eigenvalue weighted by atomic mass is 16.2. The third kappa shape index (κ3) is 15.2. The highest BCUT2D eigenvalue weighted by molar-refractivity contribution is 5.81. The van der Waals surface area contributed by atoms with E-state index >= 15 is 0 Å². The highest BCUT2D eigenvalue weighted by Gasteiger charge is 2.04. The average molecular weight is 298 g/mol. The van der Waals surface area contributed by atoms with Crippen LogP contribution in [0.1, 0.15) is 97.3 Å². The summed E-state index contributed by atoms with van der Waals surface area (Å²) in [4.78, 5) is 23.0. The van der Waals surface area contributed by atoms with E-state index in [2.05, 4.69) is 24.7 Å². The van der Waals surface area contributed by atoms with Gasteiger partial charge < -0.3 is 0 Å². The Kier molecular flexibility index (Phi) is 14.6. The van der Waals surface area contributed by atoms with Crippen molar-refractivity contribution in [2.75, 3.05) is 0 Å². The van der Waals surface area contributed by atoms with Gasteiger partial charge in [-0.3, -0.25) is 20.4 Å². The van der Waals surface area contributed by atoms with Crippen LogP contribution in [0.25, 0.3) is 0 Å². The summed E-state index contributed by atoms with van der Waals surface area (Å²) >= 11 is 0. The summed E-state index contributed by atoms with van der Waals surface area (Å²) in [5.41, 5.74) is 4.99. The molecule has 0 radical (unpaired) electrons. The minimum Gasteiger partial charge on any atom is -0.273 e. The van der Waals surface area contributed by atoms with Crippen LogP contribution in [-0.2, 0) is 9.59 Å². The van der Waals surface area contributed by atoms with Gasteiger partial charge in [0, 0.05) is 12.8 Å². The molecule has 0 aliphatic carbocycles. The number of unbranched alkanes of at least 4 members (excludes halogenated alkanes) is 9. The van der Waals surface area contributed by atoms with E-state index in [1.54, 1.807) is 0 Å². The predicted octanol–water partition coefficient (Wildman–Crippen LogP) is 4.24. The Balaban J connectivity index is 3.36. The number of carbonyl (C=O) groups is 2. The Morgan fingerprint density at radius 3 is 1.29 bits per heavy atom. The third-order valence-electron chi connectivity index (χ3n) is 3.61. The number of hydrogen-bond donors (Lipinski definition) is 2. The van der Waals surface area contributed by atoms with Crippen LogP contribution < -0.4 is 10.9 Å². The molecule has 4 heteroatoms. The lowest BCUT2D eigenvalue weighted by atomic mass is 10.1. The summed E-state index contributed by atoms with van der Waals surface area (Å²) in [7, 11) is 0. The zero-order valence-corrected chi connectivity index (χ0v) is 14.0. The fourth-order valence-corrected chi connectivity index (χ4v) is 2.22. The molecule has 0 rings (SSSR count). The second kappa shape index (κ2) is 15.3. The van der Waals surface area contributed by atoms with Crippen molar-refractivity contribution in [2.45, 2.75) is 97.3 Å². The summed E-state index contributed by atoms with van der Waals surface area (Å²) < 4.78 is 0. The molecule has 0 unspecified atom stereocenters. The van der Waals surface area contributed by atoms with E-state index in [-0.39, 0.29) is 11.8 Å². The average Bonchev–Trinajstić information content (AvgIpc) is 2.48. The van der Waals surface area contributed by atoms with Crippen LogP contribution in [0.15, 0.2) is 0 Å². The number of hydrogen-bond acceptors (Lipinski definition) is 2. The van der Waals surface area contributed by atoms with Gasteiger partial charge in [0.2, 0.25) is 11.8 Å². The van der Waals surface area contributed by atoms with Gasteiger partial charge in [-0.15, -0.1) is 0 Å². The van der Waals surface area contributed by atoms with Crippen molar-refractivity contribution in [1.82, 2.24) is 10.9 Å². The molecular formula is C17H34N2O2. The molecule has 2 N–H and O–H groups in total. The lowest BCUT2D eigenvalue weighted by molar-refractivity contribution is -0.129. The summed E-state index contributed by atoms with van der Waals surface area (Å²) in [6.45, 7) is 4.37. The molecule has 0 saturated carbocycles. The highest BCUT2D eigenvalue weighted by Crippen LogP contribution is 2.06. The lowest BCUT2D eigenvalue weighted by Crippen LogP contribution is -2.41. The lowest BCUT2D eigenvalue weighted by Gasteiger charge is -2.07. The molecule has 0 spiro atoms. The zero-order chi connectivity index (χ0) is 15.8. The molecule has 0 heterocycles. The first-order valence-electron chi connectivity index (χ1n) is 8.78. The molecule has 21 heavy (non-hydrogen) atoms. The van der Waals surface area contributed by atoms with Crippen molar-refractivity contribution in [3.05, 3.63) is 0 Å². The number of amides is 2. The van der Waals surface area contributed by atoms with Crippen molar-refractivity contribution in [1.29, 1.82) is 0 Å². The number of rotatable bonds is 13. The molecule has 0 bridgehead atoms. The standard InChI is InChI=1S/C17H34N2O2/c1-3-5-7-9-11-13-15-17(21)19-18-16(20)14-12-10-8-6-4-2/h3-15H2,1-2H3,(H,18,20)(H,19,21). The fraction of sp³-hybridized carbons (Fsp3) is 0.882. The van der Waals surface area contributed by atoms with Gasteiger partial charge in [0.15, 0.2) is 0 Å². The van der Waals surface area contributed by atoms with E-state index < -0.39 is 0 Å². The van der Waals surface area contributed by atoms with Crippen LogP contribution in [0.4, 0.5) is 0 Å². The summed E-state index contributed by atoms with van der Waals surface area (Å²) in [6, 6.07) is 0. The largest absolute Gasteiger partial charge is 0.273 e. The smallest absolute Gasteiger partial charge is 0.238 e. The van der Waals surface area contributed by atoms with Crippen molar-refractivity contribution in [3.63, 3.8) is 0 Å². The van der Waals surface area contributed by atoms with E-state index in [0.717, 1.165) is 25.7 Å². The van der Waals surface area contributed by atoms with Crippen LogP contribution >= 0.6 is 0 Å². The molecule has 0 saturated heterocycles. The molecule has 0 aromatic carbocycles. The maximum Gasteiger partial charge on any atom is 0.238 e. The fourth-order valence-electron chi connectivity index (χ4n) is 2.22. The van der Waals surface area contributed by atoms with E-state index in [1.165, 1.54) is 44.9 Å². The minimum atomic E-state index is -0.0807. The predicted molar refractivity (Wildman–Crippen MR) is 87.7 cm³/mol. The first-order chi connectivity index (χ1) is 10.2. The Morgan fingerprint density at radius 1 is 0.571 bits per heavy atom. The van der Waals surface area contributed by atoms with Gasteiger partial charge >= 0.3 is 0 Å². The topological polar surface area (TPSA) is 58.2 Å². The maximum absolute atomic E-state index is 11.5. The molecule has 4 nitrogen and oxygen atoms in total. The molecule has 0 atom stereocenters. The first-order valence-corrected chi connectivity index (χ1v) is 8.78. The Morgan fingerprint density at radius 2 is 0.905 bits per heavy atom. The molecule has 0 aromatic heterocycles. The van der Waals surface area contributed by atoms with Crippen LogP contribution in [0.3, 0.4) is 0 Å². The monoisotopic (exact) mass is 298 g/mol. The van der Waals surface area contributed by atoms with E-state index in [4.69, 9.17) is 0 Å². The van der Waals surface area contributed by atoms with Crippen LogP contribution in [-0.4, -0.2) is 11.8 Å². The molecule has 2 amide bonds. The van der Waals surface area contributed by atoms with Gasteiger partial charge in [-0.2, -0.15) is 0 Å². The van der Waals surface area contributed by atoms with E-state index in [1.807, 2.05) is 0 Å². The molecule has 0 fully saturated rings. The van der Waals surface area contributed by atoms with Gasteiger partial charge in [-0.25, -0.2) is 0 Å². The molecule has 124 valence electrons. The normalized spacial score (nSPS) is 10.4. The van der Waals surface area contributed by atoms with Crippen molar-refractivity contribution in [2.24, 2.45) is 0 Å². The van der Waals surface area contributed by atoms with E-state index in [9.17, 15) is 9.59 Å². The SMILES string of the molecule is CCCCCCCCC(=O)NNC(=O)CCCCCCC. The Labute approximate surface area is 130 Å². The maximum atomic E-state index is 11.5. The Bertz CT molecular complexity index is 268. The van der Waals surface area contributed by atoms with Gasteiger partial charge in [0.05, 0.1) is 0 Å². The summed E-state index contributed by atoms with van der Waals surface area (Å²) in [5, 5.41) is 0. The first kappa shape index (κ1) is 19.9. The number of carbonyl (C=O) groups excluding carboxylic acids is 2. The molecular weight excluding hydrogens is 264 g/mol. The Hall–Kier alpha value is -1.06. The van der Waals surface area contributed by atoms with Crippen LogP contribution in [0, 0.1) is 0 Å². The minimum absolute atomic E-state index is 0.0789. The third-order valence-corrected chi connectivity index (χ3v) is 3.61. The molecule has 0 aliphatic rings. The second-order valence-electron chi connectivity index (χ2n) is 5.78. The van der Waals surface area contributed by atoms with Crippen LogP contribution in [0.2, 0.25) is 0 Å². The van der Waals surface area contributed by atoms with Crippen molar-refractivity contribution in [3.8, 4) is 0 Å². The van der Waals surface area contributed by atoms with Gasteiger partial charge in [0.25, 0.3) is 0 Å². The summed E-state index contributed by atoms with van der Waals surface area (Å²) in [5.74, 6) is -0.160. The quantitative estimate of drug-likeness (QED) is 0.394. The van der Waals surface area contributed by atoms with Gasteiger partial charge in [-0.05, 0) is 12.8 Å². The van der Waals surface area contributed by atoms with E-state index in [0.29, 0.717) is 12.8 Å². The van der Waals surface area contributed by atoms with Gasteiger partial charge in [-0.1, -0.05) is 71.6 Å². The zero-order valence-electron chi connectivity index (χ0n) is 14.0. The molecule has 0 aliphatic heterocycles.